The monoisotopic (exact) mass is 340 g/mol. The van der Waals surface area contributed by atoms with Crippen molar-refractivity contribution < 1.29 is 4.79 Å². The van der Waals surface area contributed by atoms with E-state index in [1.807, 2.05) is 18.5 Å². The lowest BCUT2D eigenvalue weighted by molar-refractivity contribution is -0.122. The Morgan fingerprint density at radius 3 is 3.08 bits per heavy atom. The highest BCUT2D eigenvalue weighted by atomic mass is 16.2. The third kappa shape index (κ3) is 4.69. The molecule has 1 saturated heterocycles. The van der Waals surface area contributed by atoms with Crippen LogP contribution in [-0.4, -0.2) is 39.5 Å². The summed E-state index contributed by atoms with van der Waals surface area (Å²) in [6, 6.07) is 8.69. The maximum absolute atomic E-state index is 12.4. The van der Waals surface area contributed by atoms with E-state index in [0.717, 1.165) is 43.7 Å². The maximum Gasteiger partial charge on any atom is 0.234 e. The van der Waals surface area contributed by atoms with Crippen molar-refractivity contribution >= 4 is 5.91 Å². The van der Waals surface area contributed by atoms with Crippen molar-refractivity contribution in [1.82, 2.24) is 19.8 Å². The van der Waals surface area contributed by atoms with Gasteiger partial charge in [-0.05, 0) is 31.9 Å². The molecule has 1 atom stereocenters. The van der Waals surface area contributed by atoms with Crippen LogP contribution in [0.25, 0.3) is 0 Å². The number of nitrogens with zero attached hydrogens (tertiary/aromatic N) is 3. The molecule has 25 heavy (non-hydrogen) atoms. The third-order valence-corrected chi connectivity index (χ3v) is 4.94. The van der Waals surface area contributed by atoms with Gasteiger partial charge in [-0.15, -0.1) is 0 Å². The fourth-order valence-electron chi connectivity index (χ4n) is 3.62. The molecule has 1 fully saturated rings. The number of benzene rings is 1. The van der Waals surface area contributed by atoms with Crippen molar-refractivity contribution in [3.63, 3.8) is 0 Å². The summed E-state index contributed by atoms with van der Waals surface area (Å²) in [5.41, 5.74) is 2.37. The molecule has 2 aromatic rings. The van der Waals surface area contributed by atoms with Crippen molar-refractivity contribution in [3.05, 3.63) is 53.6 Å². The van der Waals surface area contributed by atoms with Gasteiger partial charge in [-0.1, -0.05) is 36.8 Å². The number of carbonyl (C=O) groups excluding carboxylic acids is 1. The number of aryl methyl sites for hydroxylation is 2. The second-order valence-electron chi connectivity index (χ2n) is 6.88. The van der Waals surface area contributed by atoms with E-state index < -0.39 is 0 Å². The molecular formula is C20H28N4O. The highest BCUT2D eigenvalue weighted by molar-refractivity contribution is 5.78. The number of amides is 1. The Hall–Kier alpha value is -2.14. The molecule has 0 aliphatic carbocycles. The van der Waals surface area contributed by atoms with E-state index in [2.05, 4.69) is 51.8 Å². The van der Waals surface area contributed by atoms with Crippen molar-refractivity contribution in [2.45, 2.75) is 52.2 Å². The molecule has 2 heterocycles. The smallest absolute Gasteiger partial charge is 0.234 e. The molecule has 5 nitrogen and oxygen atoms in total. The minimum Gasteiger partial charge on any atom is -0.351 e. The van der Waals surface area contributed by atoms with Gasteiger partial charge in [0.05, 0.1) is 6.54 Å². The molecule has 3 rings (SSSR count). The number of nitrogens with one attached hydrogen (secondary N) is 1. The van der Waals surface area contributed by atoms with Gasteiger partial charge in [-0.25, -0.2) is 4.98 Å². The molecule has 1 amide bonds. The summed E-state index contributed by atoms with van der Waals surface area (Å²) in [5.74, 6) is 1.23. The summed E-state index contributed by atoms with van der Waals surface area (Å²) in [7, 11) is 0. The molecule has 0 radical (unpaired) electrons. The van der Waals surface area contributed by atoms with Crippen LogP contribution in [0, 0.1) is 6.92 Å². The van der Waals surface area contributed by atoms with Gasteiger partial charge < -0.3 is 9.88 Å². The third-order valence-electron chi connectivity index (χ3n) is 4.94. The van der Waals surface area contributed by atoms with Gasteiger partial charge in [0.2, 0.25) is 5.91 Å². The number of rotatable bonds is 7. The van der Waals surface area contributed by atoms with Gasteiger partial charge in [0.15, 0.2) is 0 Å². The highest BCUT2D eigenvalue weighted by Gasteiger charge is 2.26. The van der Waals surface area contributed by atoms with Gasteiger partial charge in [0.25, 0.3) is 0 Å². The van der Waals surface area contributed by atoms with Crippen LogP contribution in [0.15, 0.2) is 36.7 Å². The zero-order valence-corrected chi connectivity index (χ0v) is 15.2. The molecule has 0 saturated carbocycles. The van der Waals surface area contributed by atoms with Crippen LogP contribution in [0.5, 0.6) is 0 Å². The first-order valence-corrected chi connectivity index (χ1v) is 9.22. The number of aromatic nitrogens is 2. The van der Waals surface area contributed by atoms with E-state index in [0.29, 0.717) is 19.1 Å². The minimum atomic E-state index is 0.106. The topological polar surface area (TPSA) is 50.2 Å². The molecular weight excluding hydrogens is 312 g/mol. The fourth-order valence-corrected chi connectivity index (χ4v) is 3.62. The number of likely N-dealkylation sites (tertiary alicyclic amines) is 1. The Morgan fingerprint density at radius 2 is 2.28 bits per heavy atom. The van der Waals surface area contributed by atoms with E-state index >= 15 is 0 Å². The van der Waals surface area contributed by atoms with Crippen molar-refractivity contribution in [2.75, 3.05) is 13.1 Å². The number of hydrogen-bond donors (Lipinski definition) is 1. The number of imidazole rings is 1. The van der Waals surface area contributed by atoms with Crippen LogP contribution < -0.4 is 5.32 Å². The first kappa shape index (κ1) is 17.7. The second kappa shape index (κ2) is 8.30. The second-order valence-corrected chi connectivity index (χ2v) is 6.88. The molecule has 134 valence electrons. The van der Waals surface area contributed by atoms with Crippen LogP contribution in [0.4, 0.5) is 0 Å². The molecule has 1 aliphatic heterocycles. The fraction of sp³-hybridized carbons (Fsp3) is 0.500. The molecule has 1 aromatic heterocycles. The zero-order valence-electron chi connectivity index (χ0n) is 15.2. The zero-order chi connectivity index (χ0) is 17.6. The van der Waals surface area contributed by atoms with Gasteiger partial charge in [0.1, 0.15) is 5.82 Å². The molecule has 1 aromatic carbocycles. The average molecular weight is 340 g/mol. The molecule has 1 aliphatic rings. The van der Waals surface area contributed by atoms with E-state index in [1.165, 1.54) is 5.56 Å². The quantitative estimate of drug-likeness (QED) is 0.843. The molecule has 1 N–H and O–H groups in total. The average Bonchev–Trinajstić information content (AvgIpc) is 3.23. The van der Waals surface area contributed by atoms with E-state index in [-0.39, 0.29) is 5.91 Å². The van der Waals surface area contributed by atoms with E-state index in [4.69, 9.17) is 0 Å². The molecule has 5 heteroatoms. The number of carbonyl (C=O) groups is 1. The van der Waals surface area contributed by atoms with Crippen LogP contribution in [0.3, 0.4) is 0 Å². The molecule has 0 bridgehead atoms. The predicted octanol–water partition coefficient (Wildman–Crippen LogP) is 2.53. The lowest BCUT2D eigenvalue weighted by atomic mass is 10.1. The maximum atomic E-state index is 12.4. The SMILES string of the molecule is CCc1nccn1C[C@H]1CCCN1CC(=O)NCc1cccc(C)c1. The Kier molecular flexibility index (Phi) is 5.87. The first-order valence-electron chi connectivity index (χ1n) is 9.22. The molecule has 0 unspecified atom stereocenters. The summed E-state index contributed by atoms with van der Waals surface area (Å²) in [5, 5.41) is 3.06. The summed E-state index contributed by atoms with van der Waals surface area (Å²) < 4.78 is 2.23. The van der Waals surface area contributed by atoms with Crippen molar-refractivity contribution in [1.29, 1.82) is 0 Å². The lowest BCUT2D eigenvalue weighted by Gasteiger charge is -2.24. The largest absolute Gasteiger partial charge is 0.351 e. The lowest BCUT2D eigenvalue weighted by Crippen LogP contribution is -2.41. The van der Waals surface area contributed by atoms with Crippen LogP contribution in [0.2, 0.25) is 0 Å². The van der Waals surface area contributed by atoms with Crippen LogP contribution in [-0.2, 0) is 24.3 Å². The summed E-state index contributed by atoms with van der Waals surface area (Å²) in [4.78, 5) is 19.1. The predicted molar refractivity (Wildman–Crippen MR) is 99.2 cm³/mol. The van der Waals surface area contributed by atoms with Gasteiger partial charge in [0, 0.05) is 37.9 Å². The van der Waals surface area contributed by atoms with Crippen molar-refractivity contribution in [3.8, 4) is 0 Å². The Labute approximate surface area is 150 Å². The first-order chi connectivity index (χ1) is 12.2. The Morgan fingerprint density at radius 1 is 1.40 bits per heavy atom. The molecule has 0 spiro atoms. The van der Waals surface area contributed by atoms with E-state index in [1.54, 1.807) is 0 Å². The van der Waals surface area contributed by atoms with Crippen LogP contribution >= 0.6 is 0 Å². The normalized spacial score (nSPS) is 17.8. The van der Waals surface area contributed by atoms with Crippen molar-refractivity contribution in [2.24, 2.45) is 0 Å². The van der Waals surface area contributed by atoms with Gasteiger partial charge in [-0.2, -0.15) is 0 Å². The summed E-state index contributed by atoms with van der Waals surface area (Å²) in [6.07, 6.45) is 7.16. The summed E-state index contributed by atoms with van der Waals surface area (Å²) >= 11 is 0. The minimum absolute atomic E-state index is 0.106. The number of hydrogen-bond acceptors (Lipinski definition) is 3. The van der Waals surface area contributed by atoms with Crippen LogP contribution in [0.1, 0.15) is 36.7 Å². The Bertz CT molecular complexity index is 709. The van der Waals surface area contributed by atoms with E-state index in [9.17, 15) is 4.79 Å². The standard InChI is InChI=1S/C20H28N4O/c1-3-19-21-9-11-24(19)14-18-8-5-10-23(18)15-20(25)22-13-17-7-4-6-16(2)12-17/h4,6-7,9,11-12,18H,3,5,8,10,13-15H2,1-2H3,(H,22,25)/t18-/m1/s1. The van der Waals surface area contributed by atoms with Gasteiger partial charge in [-0.3, -0.25) is 9.69 Å². The summed E-state index contributed by atoms with van der Waals surface area (Å²) in [6.45, 7) is 7.20. The van der Waals surface area contributed by atoms with Gasteiger partial charge >= 0.3 is 0 Å². The Balaban J connectivity index is 1.51. The highest BCUT2D eigenvalue weighted by Crippen LogP contribution is 2.19.